The average Bonchev–Trinajstić information content (AvgIpc) is 2.88. The van der Waals surface area contributed by atoms with E-state index in [-0.39, 0.29) is 5.54 Å². The van der Waals surface area contributed by atoms with E-state index in [2.05, 4.69) is 132 Å². The highest BCUT2D eigenvalue weighted by Gasteiger charge is 2.43. The van der Waals surface area contributed by atoms with Gasteiger partial charge in [0.1, 0.15) is 0 Å². The normalized spacial score (nSPS) is 17.2. The van der Waals surface area contributed by atoms with Crippen molar-refractivity contribution in [1.29, 1.82) is 0 Å². The number of piperazine rings is 1. The molecule has 32 heavy (non-hydrogen) atoms. The van der Waals surface area contributed by atoms with Gasteiger partial charge in [0.05, 0.1) is 5.54 Å². The number of hydrogen-bond donors (Lipinski definition) is 1. The smallest absolute Gasteiger partial charge is 0.0973 e. The highest BCUT2D eigenvalue weighted by molar-refractivity contribution is 5.49. The fraction of sp³-hybridized carbons (Fsp3) is 0.200. The van der Waals surface area contributed by atoms with Crippen molar-refractivity contribution in [3.05, 3.63) is 144 Å². The Morgan fingerprint density at radius 2 is 1.06 bits per heavy atom. The third-order valence-corrected chi connectivity index (χ3v) is 6.63. The summed E-state index contributed by atoms with van der Waals surface area (Å²) in [6, 6.07) is 44.3. The average molecular weight is 419 g/mol. The number of nitrogens with zero attached hydrogens (tertiary/aromatic N) is 1. The van der Waals surface area contributed by atoms with Gasteiger partial charge in [0.25, 0.3) is 0 Å². The van der Waals surface area contributed by atoms with Crippen molar-refractivity contribution < 1.29 is 0 Å². The second-order valence-electron chi connectivity index (χ2n) is 8.60. The van der Waals surface area contributed by atoms with Gasteiger partial charge in [-0.3, -0.25) is 4.90 Å². The molecule has 2 heteroatoms. The van der Waals surface area contributed by atoms with Crippen LogP contribution in [0.2, 0.25) is 0 Å². The minimum Gasteiger partial charge on any atom is -0.311 e. The van der Waals surface area contributed by atoms with Crippen LogP contribution >= 0.6 is 0 Å². The summed E-state index contributed by atoms with van der Waals surface area (Å²) in [5.41, 5.74) is 5.01. The predicted octanol–water partition coefficient (Wildman–Crippen LogP) is 5.50. The SMILES string of the molecule is c1ccc(CC2CN(C(c3ccccc3)(c3ccccc3)c3ccccc3)CCN2)cc1. The van der Waals surface area contributed by atoms with Gasteiger partial charge in [-0.05, 0) is 28.7 Å². The largest absolute Gasteiger partial charge is 0.311 e. The zero-order valence-corrected chi connectivity index (χ0v) is 18.4. The lowest BCUT2D eigenvalue weighted by Crippen LogP contribution is -2.59. The maximum atomic E-state index is 3.78. The van der Waals surface area contributed by atoms with E-state index >= 15 is 0 Å². The van der Waals surface area contributed by atoms with Gasteiger partial charge >= 0.3 is 0 Å². The molecule has 1 N–H and O–H groups in total. The van der Waals surface area contributed by atoms with Gasteiger partial charge in [0.2, 0.25) is 0 Å². The van der Waals surface area contributed by atoms with Crippen LogP contribution in [-0.2, 0) is 12.0 Å². The highest BCUT2D eigenvalue weighted by Crippen LogP contribution is 2.42. The van der Waals surface area contributed by atoms with E-state index in [1.807, 2.05) is 0 Å². The molecule has 0 amide bonds. The monoisotopic (exact) mass is 418 g/mol. The Balaban J connectivity index is 1.62. The summed E-state index contributed by atoms with van der Waals surface area (Å²) in [7, 11) is 0. The van der Waals surface area contributed by atoms with Crippen LogP contribution in [0.4, 0.5) is 0 Å². The molecule has 4 aromatic rings. The second-order valence-corrected chi connectivity index (χ2v) is 8.60. The Morgan fingerprint density at radius 1 is 0.625 bits per heavy atom. The molecule has 0 aromatic heterocycles. The van der Waals surface area contributed by atoms with Crippen molar-refractivity contribution in [2.45, 2.75) is 18.0 Å². The molecule has 1 unspecified atom stereocenters. The number of benzene rings is 4. The molecule has 1 atom stereocenters. The summed E-state index contributed by atoms with van der Waals surface area (Å²) in [5.74, 6) is 0. The van der Waals surface area contributed by atoms with Gasteiger partial charge in [-0.25, -0.2) is 0 Å². The van der Waals surface area contributed by atoms with Crippen LogP contribution in [-0.4, -0.2) is 30.6 Å². The summed E-state index contributed by atoms with van der Waals surface area (Å²) < 4.78 is 0. The Hall–Kier alpha value is -3.20. The maximum absolute atomic E-state index is 3.78. The van der Waals surface area contributed by atoms with E-state index in [9.17, 15) is 0 Å². The van der Waals surface area contributed by atoms with Crippen LogP contribution in [0.5, 0.6) is 0 Å². The molecule has 1 aliphatic rings. The summed E-state index contributed by atoms with van der Waals surface area (Å²) >= 11 is 0. The van der Waals surface area contributed by atoms with Gasteiger partial charge in [0, 0.05) is 25.7 Å². The van der Waals surface area contributed by atoms with Gasteiger partial charge in [0.15, 0.2) is 0 Å². The first kappa shape index (κ1) is 20.7. The number of nitrogens with one attached hydrogen (secondary N) is 1. The zero-order chi connectivity index (χ0) is 21.6. The summed E-state index contributed by atoms with van der Waals surface area (Å²) in [5, 5.41) is 3.78. The topological polar surface area (TPSA) is 15.3 Å². The molecule has 1 fully saturated rings. The fourth-order valence-electron chi connectivity index (χ4n) is 5.25. The molecule has 160 valence electrons. The first-order chi connectivity index (χ1) is 15.9. The summed E-state index contributed by atoms with van der Waals surface area (Å²) in [6.45, 7) is 2.95. The van der Waals surface area contributed by atoms with Crippen LogP contribution in [0.25, 0.3) is 0 Å². The number of hydrogen-bond acceptors (Lipinski definition) is 2. The van der Waals surface area contributed by atoms with Crippen LogP contribution in [0, 0.1) is 0 Å². The van der Waals surface area contributed by atoms with Crippen molar-refractivity contribution in [1.82, 2.24) is 10.2 Å². The van der Waals surface area contributed by atoms with Crippen LogP contribution in [0.15, 0.2) is 121 Å². The lowest BCUT2D eigenvalue weighted by atomic mass is 9.75. The van der Waals surface area contributed by atoms with Gasteiger partial charge in [-0.15, -0.1) is 0 Å². The first-order valence-corrected chi connectivity index (χ1v) is 11.6. The van der Waals surface area contributed by atoms with E-state index in [1.165, 1.54) is 22.3 Å². The van der Waals surface area contributed by atoms with Crippen LogP contribution < -0.4 is 5.32 Å². The minimum absolute atomic E-state index is 0.333. The fourth-order valence-corrected chi connectivity index (χ4v) is 5.25. The maximum Gasteiger partial charge on any atom is 0.0973 e. The molecule has 0 radical (unpaired) electrons. The van der Waals surface area contributed by atoms with E-state index in [0.717, 1.165) is 26.1 Å². The standard InChI is InChI=1S/C30H30N2/c1-5-13-25(14-6-1)23-29-24-32(22-21-31-29)30(26-15-7-2-8-16-26,27-17-9-3-10-18-27)28-19-11-4-12-20-28/h1-20,29,31H,21-24H2. The third-order valence-electron chi connectivity index (χ3n) is 6.63. The Labute approximate surface area is 191 Å². The van der Waals surface area contributed by atoms with Gasteiger partial charge in [-0.2, -0.15) is 0 Å². The van der Waals surface area contributed by atoms with Gasteiger partial charge < -0.3 is 5.32 Å². The highest BCUT2D eigenvalue weighted by atomic mass is 15.3. The molecule has 4 aromatic carbocycles. The van der Waals surface area contributed by atoms with E-state index < -0.39 is 0 Å². The molecule has 0 spiro atoms. The van der Waals surface area contributed by atoms with E-state index in [0.29, 0.717) is 6.04 Å². The number of rotatable bonds is 6. The van der Waals surface area contributed by atoms with Crippen molar-refractivity contribution in [2.75, 3.05) is 19.6 Å². The summed E-state index contributed by atoms with van der Waals surface area (Å²) in [4.78, 5) is 2.69. The molecule has 0 aliphatic carbocycles. The molecular weight excluding hydrogens is 388 g/mol. The van der Waals surface area contributed by atoms with Crippen molar-refractivity contribution in [2.24, 2.45) is 0 Å². The van der Waals surface area contributed by atoms with Crippen molar-refractivity contribution in [3.8, 4) is 0 Å². The lowest BCUT2D eigenvalue weighted by Gasteiger charge is -2.49. The molecule has 1 saturated heterocycles. The molecule has 5 rings (SSSR count). The van der Waals surface area contributed by atoms with Gasteiger partial charge in [-0.1, -0.05) is 121 Å². The quantitative estimate of drug-likeness (QED) is 0.416. The molecule has 0 saturated carbocycles. The minimum atomic E-state index is -0.333. The first-order valence-electron chi connectivity index (χ1n) is 11.6. The Bertz CT molecular complexity index is 998. The molecular formula is C30H30N2. The third kappa shape index (κ3) is 4.00. The second kappa shape index (κ2) is 9.52. The molecule has 2 nitrogen and oxygen atoms in total. The molecule has 1 aliphatic heterocycles. The zero-order valence-electron chi connectivity index (χ0n) is 18.4. The van der Waals surface area contributed by atoms with E-state index in [4.69, 9.17) is 0 Å². The van der Waals surface area contributed by atoms with Crippen LogP contribution in [0.1, 0.15) is 22.3 Å². The van der Waals surface area contributed by atoms with Crippen molar-refractivity contribution in [3.63, 3.8) is 0 Å². The van der Waals surface area contributed by atoms with Crippen LogP contribution in [0.3, 0.4) is 0 Å². The predicted molar refractivity (Wildman–Crippen MR) is 133 cm³/mol. The lowest BCUT2D eigenvalue weighted by molar-refractivity contribution is 0.111. The molecule has 0 bridgehead atoms. The Kier molecular flexibility index (Phi) is 6.15. The summed E-state index contributed by atoms with van der Waals surface area (Å²) in [6.07, 6.45) is 1.03. The van der Waals surface area contributed by atoms with E-state index in [1.54, 1.807) is 0 Å². The Morgan fingerprint density at radius 3 is 1.53 bits per heavy atom. The van der Waals surface area contributed by atoms with Crippen molar-refractivity contribution >= 4 is 0 Å². The molecule has 1 heterocycles.